The van der Waals surface area contributed by atoms with E-state index >= 15 is 0 Å². The van der Waals surface area contributed by atoms with Gasteiger partial charge >= 0.3 is 0 Å². The maximum Gasteiger partial charge on any atom is 0.257 e. The van der Waals surface area contributed by atoms with Gasteiger partial charge in [-0.25, -0.2) is 0 Å². The summed E-state index contributed by atoms with van der Waals surface area (Å²) in [4.78, 5) is 29.9. The van der Waals surface area contributed by atoms with Crippen LogP contribution in [0.3, 0.4) is 0 Å². The van der Waals surface area contributed by atoms with Crippen molar-refractivity contribution >= 4 is 34.8 Å². The lowest BCUT2D eigenvalue weighted by molar-refractivity contribution is 0.0743. The quantitative estimate of drug-likeness (QED) is 0.324. The third kappa shape index (κ3) is 5.66. The highest BCUT2D eigenvalue weighted by Crippen LogP contribution is 2.26. The standard InChI is InChI=1S/C31H28ClN3O3/c1-38-29-16-11-25(32)21-28(29)31(37)35-19-17-34(18-20-35)27-14-12-26(13-15-27)33-30(36)24-9-7-23(8-10-24)22-5-3-2-4-6-22/h2-16,21H,17-20H2,1H3,(H,33,36). The zero-order valence-electron chi connectivity index (χ0n) is 21.1. The Morgan fingerprint density at radius 3 is 2.11 bits per heavy atom. The molecule has 0 bridgehead atoms. The van der Waals surface area contributed by atoms with E-state index < -0.39 is 0 Å². The predicted octanol–water partition coefficient (Wildman–Crippen LogP) is 6.23. The van der Waals surface area contributed by atoms with Gasteiger partial charge in [-0.1, -0.05) is 54.1 Å². The number of hydrogen-bond acceptors (Lipinski definition) is 4. The van der Waals surface area contributed by atoms with E-state index in [-0.39, 0.29) is 11.8 Å². The SMILES string of the molecule is COc1ccc(Cl)cc1C(=O)N1CCN(c2ccc(NC(=O)c3ccc(-c4ccccc4)cc3)cc2)CC1. The molecule has 1 fully saturated rings. The lowest BCUT2D eigenvalue weighted by Gasteiger charge is -2.36. The van der Waals surface area contributed by atoms with Crippen LogP contribution in [0.4, 0.5) is 11.4 Å². The molecule has 0 radical (unpaired) electrons. The highest BCUT2D eigenvalue weighted by Gasteiger charge is 2.24. The average Bonchev–Trinajstić information content (AvgIpc) is 2.98. The van der Waals surface area contributed by atoms with Crippen LogP contribution < -0.4 is 15.0 Å². The summed E-state index contributed by atoms with van der Waals surface area (Å²) in [6.07, 6.45) is 0. The first-order chi connectivity index (χ1) is 18.5. The summed E-state index contributed by atoms with van der Waals surface area (Å²) in [7, 11) is 1.55. The van der Waals surface area contributed by atoms with E-state index in [1.807, 2.05) is 83.8 Å². The Morgan fingerprint density at radius 1 is 0.789 bits per heavy atom. The Kier molecular flexibility index (Phi) is 7.61. The van der Waals surface area contributed by atoms with Gasteiger partial charge in [0.25, 0.3) is 11.8 Å². The molecule has 1 aliphatic heterocycles. The first-order valence-corrected chi connectivity index (χ1v) is 12.8. The number of anilines is 2. The number of amides is 2. The fourth-order valence-corrected chi connectivity index (χ4v) is 4.76. The molecule has 1 N–H and O–H groups in total. The van der Waals surface area contributed by atoms with Crippen molar-refractivity contribution in [3.63, 3.8) is 0 Å². The molecule has 5 rings (SSSR count). The number of hydrogen-bond donors (Lipinski definition) is 1. The van der Waals surface area contributed by atoms with Crippen LogP contribution >= 0.6 is 11.6 Å². The van der Waals surface area contributed by atoms with Crippen molar-refractivity contribution in [3.8, 4) is 16.9 Å². The van der Waals surface area contributed by atoms with Crippen molar-refractivity contribution in [2.75, 3.05) is 43.5 Å². The second-order valence-electron chi connectivity index (χ2n) is 9.07. The summed E-state index contributed by atoms with van der Waals surface area (Å²) in [5, 5.41) is 3.47. The van der Waals surface area contributed by atoms with E-state index in [2.05, 4.69) is 10.2 Å². The predicted molar refractivity (Wildman–Crippen MR) is 152 cm³/mol. The van der Waals surface area contributed by atoms with Crippen LogP contribution in [-0.4, -0.2) is 50.0 Å². The van der Waals surface area contributed by atoms with Crippen LogP contribution in [0, 0.1) is 0 Å². The second-order valence-corrected chi connectivity index (χ2v) is 9.50. The van der Waals surface area contributed by atoms with E-state index in [4.69, 9.17) is 16.3 Å². The van der Waals surface area contributed by atoms with E-state index in [0.717, 1.165) is 22.5 Å². The molecule has 192 valence electrons. The molecule has 7 heteroatoms. The lowest BCUT2D eigenvalue weighted by Crippen LogP contribution is -2.48. The molecule has 0 aliphatic carbocycles. The number of methoxy groups -OCH3 is 1. The second kappa shape index (κ2) is 11.4. The summed E-state index contributed by atoms with van der Waals surface area (Å²) >= 11 is 6.11. The maximum absolute atomic E-state index is 13.1. The highest BCUT2D eigenvalue weighted by molar-refractivity contribution is 6.31. The molecular formula is C31H28ClN3O3. The molecule has 0 saturated carbocycles. The van der Waals surface area contributed by atoms with Crippen molar-refractivity contribution in [3.05, 3.63) is 113 Å². The molecule has 4 aromatic rings. The monoisotopic (exact) mass is 525 g/mol. The molecule has 0 spiro atoms. The molecule has 2 amide bonds. The number of carbonyl (C=O) groups is 2. The fourth-order valence-electron chi connectivity index (χ4n) is 4.59. The number of benzene rings is 4. The highest BCUT2D eigenvalue weighted by atomic mass is 35.5. The smallest absolute Gasteiger partial charge is 0.257 e. The number of piperazine rings is 1. The van der Waals surface area contributed by atoms with Gasteiger partial charge in [0, 0.05) is 48.1 Å². The van der Waals surface area contributed by atoms with Gasteiger partial charge in [0.15, 0.2) is 0 Å². The van der Waals surface area contributed by atoms with Crippen LogP contribution in [0.5, 0.6) is 5.75 Å². The Morgan fingerprint density at radius 2 is 1.45 bits per heavy atom. The molecule has 0 atom stereocenters. The third-order valence-electron chi connectivity index (χ3n) is 6.70. The van der Waals surface area contributed by atoms with E-state index in [0.29, 0.717) is 48.1 Å². The molecule has 1 saturated heterocycles. The van der Waals surface area contributed by atoms with Gasteiger partial charge in [-0.05, 0) is 65.7 Å². The molecule has 1 aliphatic rings. The van der Waals surface area contributed by atoms with Crippen LogP contribution in [0.1, 0.15) is 20.7 Å². The topological polar surface area (TPSA) is 61.9 Å². The van der Waals surface area contributed by atoms with Crippen molar-refractivity contribution < 1.29 is 14.3 Å². The van der Waals surface area contributed by atoms with Crippen LogP contribution in [0.2, 0.25) is 5.02 Å². The minimum absolute atomic E-state index is 0.0844. The molecule has 0 unspecified atom stereocenters. The Balaban J connectivity index is 1.17. The largest absolute Gasteiger partial charge is 0.496 e. The van der Waals surface area contributed by atoms with Crippen LogP contribution in [0.15, 0.2) is 97.1 Å². The molecule has 0 aromatic heterocycles. The summed E-state index contributed by atoms with van der Waals surface area (Å²) in [6.45, 7) is 2.58. The van der Waals surface area contributed by atoms with E-state index in [1.54, 1.807) is 25.3 Å². The number of nitrogens with one attached hydrogen (secondary N) is 1. The number of halogens is 1. The Hall–Kier alpha value is -4.29. The Bertz CT molecular complexity index is 1420. The number of nitrogens with zero attached hydrogens (tertiary/aromatic N) is 2. The number of ether oxygens (including phenoxy) is 1. The molecule has 4 aromatic carbocycles. The minimum Gasteiger partial charge on any atom is -0.496 e. The van der Waals surface area contributed by atoms with Gasteiger partial charge in [-0.15, -0.1) is 0 Å². The van der Waals surface area contributed by atoms with Crippen molar-refractivity contribution in [1.82, 2.24) is 4.90 Å². The number of rotatable bonds is 6. The van der Waals surface area contributed by atoms with Gasteiger partial charge in [0.05, 0.1) is 12.7 Å². The fraction of sp³-hybridized carbons (Fsp3) is 0.161. The summed E-state index contributed by atoms with van der Waals surface area (Å²) in [6, 6.07) is 30.5. The zero-order valence-corrected chi connectivity index (χ0v) is 21.8. The first kappa shape index (κ1) is 25.4. The average molecular weight is 526 g/mol. The third-order valence-corrected chi connectivity index (χ3v) is 6.94. The van der Waals surface area contributed by atoms with Crippen molar-refractivity contribution in [1.29, 1.82) is 0 Å². The summed E-state index contributed by atoms with van der Waals surface area (Å²) in [5.41, 5.74) is 5.04. The summed E-state index contributed by atoms with van der Waals surface area (Å²) < 4.78 is 5.35. The lowest BCUT2D eigenvalue weighted by atomic mass is 10.0. The first-order valence-electron chi connectivity index (χ1n) is 12.5. The maximum atomic E-state index is 13.1. The zero-order chi connectivity index (χ0) is 26.5. The van der Waals surface area contributed by atoms with Gasteiger partial charge in [-0.3, -0.25) is 9.59 Å². The molecule has 1 heterocycles. The van der Waals surface area contributed by atoms with Crippen molar-refractivity contribution in [2.24, 2.45) is 0 Å². The summed E-state index contributed by atoms with van der Waals surface area (Å²) in [5.74, 6) is 0.284. The van der Waals surface area contributed by atoms with Crippen molar-refractivity contribution in [2.45, 2.75) is 0 Å². The van der Waals surface area contributed by atoms with Gasteiger partial charge in [-0.2, -0.15) is 0 Å². The molecule has 6 nitrogen and oxygen atoms in total. The molecular weight excluding hydrogens is 498 g/mol. The van der Waals surface area contributed by atoms with Crippen LogP contribution in [-0.2, 0) is 0 Å². The van der Waals surface area contributed by atoms with E-state index in [9.17, 15) is 9.59 Å². The van der Waals surface area contributed by atoms with Crippen LogP contribution in [0.25, 0.3) is 11.1 Å². The normalized spacial score (nSPS) is 13.2. The van der Waals surface area contributed by atoms with Gasteiger partial charge < -0.3 is 19.9 Å². The molecule has 38 heavy (non-hydrogen) atoms. The Labute approximate surface area is 227 Å². The van der Waals surface area contributed by atoms with Gasteiger partial charge in [0.2, 0.25) is 0 Å². The van der Waals surface area contributed by atoms with Gasteiger partial charge in [0.1, 0.15) is 5.75 Å². The minimum atomic E-state index is -0.152. The number of carbonyl (C=O) groups excluding carboxylic acids is 2. The van der Waals surface area contributed by atoms with E-state index in [1.165, 1.54) is 0 Å².